The predicted octanol–water partition coefficient (Wildman–Crippen LogP) is 4.63. The molecule has 0 unspecified atom stereocenters. The Kier molecular flexibility index (Phi) is 8.53. The first-order chi connectivity index (χ1) is 14.8. The number of aliphatic imine (C=N–C) groups is 1. The van der Waals surface area contributed by atoms with Crippen LogP contribution in [0.3, 0.4) is 0 Å². The molecule has 6 nitrogen and oxygen atoms in total. The lowest BCUT2D eigenvalue weighted by Gasteiger charge is -2.11. The van der Waals surface area contributed by atoms with Gasteiger partial charge in [-0.2, -0.15) is 0 Å². The summed E-state index contributed by atoms with van der Waals surface area (Å²) in [5.41, 5.74) is 1.01. The number of hydrogen-bond acceptors (Lipinski definition) is 5. The van der Waals surface area contributed by atoms with Crippen molar-refractivity contribution in [3.05, 3.63) is 70.5 Å². The molecule has 0 spiro atoms. The van der Waals surface area contributed by atoms with Crippen molar-refractivity contribution in [2.45, 2.75) is 26.8 Å². The van der Waals surface area contributed by atoms with Crippen LogP contribution >= 0.6 is 11.3 Å². The first kappa shape index (κ1) is 21.6. The summed E-state index contributed by atoms with van der Waals surface area (Å²) in [4.78, 5) is 10.4. The summed E-state index contributed by atoms with van der Waals surface area (Å²) in [5.74, 6) is 2.69. The molecule has 2 N–H and O–H groups in total. The van der Waals surface area contributed by atoms with Crippen molar-refractivity contribution in [3.8, 4) is 17.4 Å². The maximum absolute atomic E-state index is 5.87. The zero-order valence-electron chi connectivity index (χ0n) is 17.4. The minimum atomic E-state index is 0.524. The molecule has 3 rings (SSSR count). The third-order valence-corrected chi connectivity index (χ3v) is 5.11. The molecule has 0 aliphatic carbocycles. The molecule has 1 aromatic carbocycles. The molecular formula is C23H28N4O2S. The highest BCUT2D eigenvalue weighted by Gasteiger charge is 2.06. The van der Waals surface area contributed by atoms with E-state index in [1.807, 2.05) is 43.3 Å². The molecule has 0 saturated heterocycles. The molecule has 0 bridgehead atoms. The van der Waals surface area contributed by atoms with E-state index in [0.717, 1.165) is 31.0 Å². The molecule has 2 heterocycles. The summed E-state index contributed by atoms with van der Waals surface area (Å²) in [6.07, 6.45) is 2.77. The van der Waals surface area contributed by atoms with Crippen LogP contribution in [0.5, 0.6) is 17.4 Å². The predicted molar refractivity (Wildman–Crippen MR) is 123 cm³/mol. The van der Waals surface area contributed by atoms with E-state index in [0.29, 0.717) is 30.5 Å². The molecule has 30 heavy (non-hydrogen) atoms. The Morgan fingerprint density at radius 3 is 2.60 bits per heavy atom. The zero-order valence-corrected chi connectivity index (χ0v) is 18.2. The van der Waals surface area contributed by atoms with Gasteiger partial charge < -0.3 is 20.1 Å². The Hall–Kier alpha value is -3.06. The molecule has 3 aromatic rings. The molecular weight excluding hydrogens is 396 g/mol. The van der Waals surface area contributed by atoms with E-state index in [9.17, 15) is 0 Å². The minimum Gasteiger partial charge on any atom is -0.490 e. The van der Waals surface area contributed by atoms with Gasteiger partial charge >= 0.3 is 0 Å². The second kappa shape index (κ2) is 11.8. The van der Waals surface area contributed by atoms with Gasteiger partial charge in [-0.3, -0.25) is 0 Å². The molecule has 0 atom stereocenters. The number of aromatic nitrogens is 1. The van der Waals surface area contributed by atoms with Gasteiger partial charge in [-0.1, -0.05) is 24.3 Å². The van der Waals surface area contributed by atoms with Gasteiger partial charge in [0, 0.05) is 30.2 Å². The number of hydrogen-bond donors (Lipinski definition) is 2. The van der Waals surface area contributed by atoms with E-state index in [1.54, 1.807) is 17.5 Å². The molecule has 0 radical (unpaired) electrons. The Morgan fingerprint density at radius 1 is 1.03 bits per heavy atom. The minimum absolute atomic E-state index is 0.524. The zero-order chi connectivity index (χ0) is 21.0. The monoisotopic (exact) mass is 424 g/mol. The van der Waals surface area contributed by atoms with Crippen molar-refractivity contribution in [1.29, 1.82) is 0 Å². The number of nitrogens with zero attached hydrogens (tertiary/aromatic N) is 2. The third-order valence-electron chi connectivity index (χ3n) is 4.17. The van der Waals surface area contributed by atoms with Gasteiger partial charge in [0.1, 0.15) is 0 Å². The van der Waals surface area contributed by atoms with E-state index >= 15 is 0 Å². The molecule has 0 aliphatic rings. The SMILES string of the molecule is CCNC(=NCc1ccc(Oc2ccccc2OCC)nc1)NCCc1cccs1. The van der Waals surface area contributed by atoms with Gasteiger partial charge in [0.05, 0.1) is 13.2 Å². The maximum Gasteiger partial charge on any atom is 0.219 e. The third kappa shape index (κ3) is 6.77. The van der Waals surface area contributed by atoms with Gasteiger partial charge in [0.2, 0.25) is 5.88 Å². The molecule has 0 fully saturated rings. The lowest BCUT2D eigenvalue weighted by atomic mass is 10.3. The highest BCUT2D eigenvalue weighted by atomic mass is 32.1. The van der Waals surface area contributed by atoms with E-state index in [2.05, 4.69) is 45.0 Å². The van der Waals surface area contributed by atoms with E-state index < -0.39 is 0 Å². The molecule has 0 saturated carbocycles. The second-order valence-corrected chi connectivity index (χ2v) is 7.47. The van der Waals surface area contributed by atoms with Crippen LogP contribution < -0.4 is 20.1 Å². The van der Waals surface area contributed by atoms with Crippen LogP contribution in [0, 0.1) is 0 Å². The van der Waals surface area contributed by atoms with Crippen molar-refractivity contribution in [2.75, 3.05) is 19.7 Å². The summed E-state index contributed by atoms with van der Waals surface area (Å²) in [5, 5.41) is 8.76. The van der Waals surface area contributed by atoms with E-state index in [-0.39, 0.29) is 0 Å². The van der Waals surface area contributed by atoms with Crippen molar-refractivity contribution < 1.29 is 9.47 Å². The van der Waals surface area contributed by atoms with Crippen LogP contribution in [-0.2, 0) is 13.0 Å². The first-order valence-electron chi connectivity index (χ1n) is 10.2. The van der Waals surface area contributed by atoms with Gasteiger partial charge in [-0.05, 0) is 49.4 Å². The lowest BCUT2D eigenvalue weighted by molar-refractivity contribution is 0.319. The van der Waals surface area contributed by atoms with Crippen LogP contribution in [0.2, 0.25) is 0 Å². The number of rotatable bonds is 10. The van der Waals surface area contributed by atoms with E-state index in [4.69, 9.17) is 9.47 Å². The van der Waals surface area contributed by atoms with Crippen molar-refractivity contribution in [2.24, 2.45) is 4.99 Å². The van der Waals surface area contributed by atoms with Crippen LogP contribution in [0.4, 0.5) is 0 Å². The number of nitrogens with one attached hydrogen (secondary N) is 2. The van der Waals surface area contributed by atoms with Crippen LogP contribution in [-0.4, -0.2) is 30.6 Å². The van der Waals surface area contributed by atoms with Gasteiger partial charge in [0.25, 0.3) is 0 Å². The Balaban J connectivity index is 1.55. The Labute approximate surface area is 182 Å². The summed E-state index contributed by atoms with van der Waals surface area (Å²) in [6.45, 7) is 6.79. The molecule has 7 heteroatoms. The maximum atomic E-state index is 5.87. The summed E-state index contributed by atoms with van der Waals surface area (Å²) in [6, 6.07) is 15.6. The number of thiophene rings is 1. The number of ether oxygens (including phenoxy) is 2. The fraction of sp³-hybridized carbons (Fsp3) is 0.304. The first-order valence-corrected chi connectivity index (χ1v) is 11.1. The van der Waals surface area contributed by atoms with Gasteiger partial charge in [0.15, 0.2) is 17.5 Å². The molecule has 2 aromatic heterocycles. The van der Waals surface area contributed by atoms with Crippen molar-refractivity contribution in [1.82, 2.24) is 15.6 Å². The fourth-order valence-electron chi connectivity index (χ4n) is 2.76. The Bertz CT molecular complexity index is 911. The lowest BCUT2D eigenvalue weighted by Crippen LogP contribution is -2.38. The van der Waals surface area contributed by atoms with Gasteiger partial charge in [-0.25, -0.2) is 9.98 Å². The average Bonchev–Trinajstić information content (AvgIpc) is 3.28. The molecule has 158 valence electrons. The molecule has 0 amide bonds. The van der Waals surface area contributed by atoms with Crippen molar-refractivity contribution in [3.63, 3.8) is 0 Å². The highest BCUT2D eigenvalue weighted by molar-refractivity contribution is 7.09. The van der Waals surface area contributed by atoms with E-state index in [1.165, 1.54) is 4.88 Å². The largest absolute Gasteiger partial charge is 0.490 e. The number of guanidine groups is 1. The fourth-order valence-corrected chi connectivity index (χ4v) is 3.47. The average molecular weight is 425 g/mol. The summed E-state index contributed by atoms with van der Waals surface area (Å²) in [7, 11) is 0. The van der Waals surface area contributed by atoms with Crippen LogP contribution in [0.1, 0.15) is 24.3 Å². The quantitative estimate of drug-likeness (QED) is 0.367. The van der Waals surface area contributed by atoms with Crippen LogP contribution in [0.25, 0.3) is 0 Å². The van der Waals surface area contributed by atoms with Gasteiger partial charge in [-0.15, -0.1) is 11.3 Å². The molecule has 0 aliphatic heterocycles. The van der Waals surface area contributed by atoms with Crippen LogP contribution in [0.15, 0.2) is 65.1 Å². The number of pyridine rings is 1. The standard InChI is InChI=1S/C23H28N4O2S/c1-3-24-23(25-14-13-19-8-7-15-30-19)27-17-18-11-12-22(26-16-18)29-21-10-6-5-9-20(21)28-4-2/h5-12,15-16H,3-4,13-14,17H2,1-2H3,(H2,24,25,27). The summed E-state index contributed by atoms with van der Waals surface area (Å²) >= 11 is 1.78. The van der Waals surface area contributed by atoms with Crippen molar-refractivity contribution >= 4 is 17.3 Å². The Morgan fingerprint density at radius 2 is 1.90 bits per heavy atom. The normalized spacial score (nSPS) is 11.2. The number of para-hydroxylation sites is 2. The smallest absolute Gasteiger partial charge is 0.219 e. The second-order valence-electron chi connectivity index (χ2n) is 6.44. The highest BCUT2D eigenvalue weighted by Crippen LogP contribution is 2.30. The number of benzene rings is 1. The summed E-state index contributed by atoms with van der Waals surface area (Å²) < 4.78 is 11.5. The topological polar surface area (TPSA) is 67.8 Å².